The molecule has 0 spiro atoms. The van der Waals surface area contributed by atoms with Gasteiger partial charge in [-0.25, -0.2) is 4.79 Å². The lowest BCUT2D eigenvalue weighted by molar-refractivity contribution is 0.117. The van der Waals surface area contributed by atoms with Gasteiger partial charge in [0.2, 0.25) is 0 Å². The Morgan fingerprint density at radius 2 is 1.68 bits per heavy atom. The molecule has 0 atom stereocenters. The van der Waals surface area contributed by atoms with E-state index < -0.39 is 0 Å². The molecule has 0 aromatic heterocycles. The summed E-state index contributed by atoms with van der Waals surface area (Å²) in [6.07, 6.45) is 8.35. The molecular formula is C15H28N2O2. The molecule has 0 saturated heterocycles. The van der Waals surface area contributed by atoms with Crippen molar-refractivity contribution in [3.8, 4) is 0 Å². The Bertz CT molecular complexity index is 280. The van der Waals surface area contributed by atoms with Crippen molar-refractivity contribution < 1.29 is 9.90 Å². The molecule has 2 rings (SSSR count). The summed E-state index contributed by atoms with van der Waals surface area (Å²) in [6, 6.07) is 0.217. The minimum Gasteiger partial charge on any atom is -0.393 e. The Morgan fingerprint density at radius 1 is 1.05 bits per heavy atom. The first kappa shape index (κ1) is 14.6. The smallest absolute Gasteiger partial charge is 0.315 e. The zero-order valence-corrected chi connectivity index (χ0v) is 12.0. The molecule has 2 saturated carbocycles. The highest BCUT2D eigenvalue weighted by atomic mass is 16.3. The lowest BCUT2D eigenvalue weighted by Crippen LogP contribution is -2.45. The molecule has 0 heterocycles. The highest BCUT2D eigenvalue weighted by Crippen LogP contribution is 2.27. The van der Waals surface area contributed by atoms with Gasteiger partial charge in [-0.3, -0.25) is 0 Å². The van der Waals surface area contributed by atoms with E-state index >= 15 is 0 Å². The van der Waals surface area contributed by atoms with E-state index in [1.165, 1.54) is 25.7 Å². The molecule has 0 unspecified atom stereocenters. The molecule has 2 aliphatic carbocycles. The second-order valence-electron chi connectivity index (χ2n) is 6.49. The maximum atomic E-state index is 11.8. The molecular weight excluding hydrogens is 240 g/mol. The maximum Gasteiger partial charge on any atom is 0.315 e. The SMILES string of the molecule is CC1CCC(CNC(=O)NC2CCC(O)CC2)CC1. The van der Waals surface area contributed by atoms with Gasteiger partial charge in [0, 0.05) is 12.6 Å². The van der Waals surface area contributed by atoms with Crippen molar-refractivity contribution in [1.82, 2.24) is 10.6 Å². The van der Waals surface area contributed by atoms with Crippen LogP contribution < -0.4 is 10.6 Å². The van der Waals surface area contributed by atoms with Crippen LogP contribution in [-0.2, 0) is 0 Å². The first-order valence-corrected chi connectivity index (χ1v) is 7.86. The van der Waals surface area contributed by atoms with Crippen LogP contribution in [0, 0.1) is 11.8 Å². The van der Waals surface area contributed by atoms with Gasteiger partial charge in [0.05, 0.1) is 6.10 Å². The van der Waals surface area contributed by atoms with Gasteiger partial charge >= 0.3 is 6.03 Å². The van der Waals surface area contributed by atoms with Crippen molar-refractivity contribution in [3.05, 3.63) is 0 Å². The van der Waals surface area contributed by atoms with Crippen LogP contribution in [0.3, 0.4) is 0 Å². The lowest BCUT2D eigenvalue weighted by Gasteiger charge is -2.28. The number of carbonyl (C=O) groups excluding carboxylic acids is 1. The van der Waals surface area contributed by atoms with E-state index in [0.29, 0.717) is 5.92 Å². The molecule has 2 fully saturated rings. The van der Waals surface area contributed by atoms with Gasteiger partial charge in [0.15, 0.2) is 0 Å². The van der Waals surface area contributed by atoms with Gasteiger partial charge in [-0.05, 0) is 50.4 Å². The number of aliphatic hydroxyl groups is 1. The third-order valence-electron chi connectivity index (χ3n) is 4.72. The van der Waals surface area contributed by atoms with Crippen molar-refractivity contribution >= 4 is 6.03 Å². The number of carbonyl (C=O) groups is 1. The molecule has 0 radical (unpaired) electrons. The van der Waals surface area contributed by atoms with Crippen LogP contribution >= 0.6 is 0 Å². The number of hydrogen-bond acceptors (Lipinski definition) is 2. The highest BCUT2D eigenvalue weighted by Gasteiger charge is 2.22. The van der Waals surface area contributed by atoms with Crippen molar-refractivity contribution in [2.45, 2.75) is 70.4 Å². The van der Waals surface area contributed by atoms with E-state index in [2.05, 4.69) is 17.6 Å². The van der Waals surface area contributed by atoms with Crippen molar-refractivity contribution in [2.75, 3.05) is 6.54 Å². The average molecular weight is 268 g/mol. The molecule has 19 heavy (non-hydrogen) atoms. The monoisotopic (exact) mass is 268 g/mol. The average Bonchev–Trinajstić information content (AvgIpc) is 2.41. The van der Waals surface area contributed by atoms with Crippen molar-refractivity contribution in [3.63, 3.8) is 0 Å². The summed E-state index contributed by atoms with van der Waals surface area (Å²) in [4.78, 5) is 11.8. The van der Waals surface area contributed by atoms with E-state index in [0.717, 1.165) is 38.1 Å². The molecule has 4 nitrogen and oxygen atoms in total. The minimum atomic E-state index is -0.162. The first-order valence-electron chi connectivity index (χ1n) is 7.86. The first-order chi connectivity index (χ1) is 9.13. The lowest BCUT2D eigenvalue weighted by atomic mass is 9.83. The number of amides is 2. The van der Waals surface area contributed by atoms with E-state index in [9.17, 15) is 9.90 Å². The molecule has 4 heteroatoms. The van der Waals surface area contributed by atoms with Crippen LogP contribution in [0.1, 0.15) is 58.3 Å². The third-order valence-corrected chi connectivity index (χ3v) is 4.72. The summed E-state index contributed by atoms with van der Waals surface area (Å²) < 4.78 is 0. The Morgan fingerprint density at radius 3 is 2.32 bits per heavy atom. The Hall–Kier alpha value is -0.770. The maximum absolute atomic E-state index is 11.8. The Balaban J connectivity index is 1.59. The molecule has 0 aromatic rings. The van der Waals surface area contributed by atoms with Crippen molar-refractivity contribution in [1.29, 1.82) is 0 Å². The fourth-order valence-electron chi connectivity index (χ4n) is 3.23. The molecule has 0 aromatic carbocycles. The number of aliphatic hydroxyl groups excluding tert-OH is 1. The van der Waals surface area contributed by atoms with Gasteiger partial charge in [-0.2, -0.15) is 0 Å². The summed E-state index contributed by atoms with van der Waals surface area (Å²) in [5, 5.41) is 15.5. The van der Waals surface area contributed by atoms with Crippen LogP contribution in [-0.4, -0.2) is 29.8 Å². The number of hydrogen-bond donors (Lipinski definition) is 3. The predicted octanol–water partition coefficient (Wildman–Crippen LogP) is 2.42. The van der Waals surface area contributed by atoms with Crippen LogP contribution in [0.15, 0.2) is 0 Å². The van der Waals surface area contributed by atoms with Gasteiger partial charge in [-0.15, -0.1) is 0 Å². The van der Waals surface area contributed by atoms with Crippen LogP contribution in [0.2, 0.25) is 0 Å². The van der Waals surface area contributed by atoms with Crippen LogP contribution in [0.25, 0.3) is 0 Å². The zero-order chi connectivity index (χ0) is 13.7. The third kappa shape index (κ3) is 5.01. The minimum absolute atomic E-state index is 0.0278. The summed E-state index contributed by atoms with van der Waals surface area (Å²) >= 11 is 0. The molecule has 0 bridgehead atoms. The standard InChI is InChI=1S/C15H28N2O2/c1-11-2-4-12(5-3-11)10-16-15(19)17-13-6-8-14(18)9-7-13/h11-14,18H,2-10H2,1H3,(H2,16,17,19). The second-order valence-corrected chi connectivity index (χ2v) is 6.49. The molecule has 2 aliphatic rings. The fraction of sp³-hybridized carbons (Fsp3) is 0.933. The fourth-order valence-corrected chi connectivity index (χ4v) is 3.23. The predicted molar refractivity (Wildman–Crippen MR) is 75.9 cm³/mol. The second kappa shape index (κ2) is 7.13. The van der Waals surface area contributed by atoms with E-state index in [1.807, 2.05) is 0 Å². The van der Waals surface area contributed by atoms with Crippen molar-refractivity contribution in [2.24, 2.45) is 11.8 Å². The van der Waals surface area contributed by atoms with E-state index in [-0.39, 0.29) is 18.2 Å². The normalized spacial score (nSPS) is 35.7. The molecule has 3 N–H and O–H groups in total. The summed E-state index contributed by atoms with van der Waals surface area (Å²) in [7, 11) is 0. The largest absolute Gasteiger partial charge is 0.393 e. The summed E-state index contributed by atoms with van der Waals surface area (Å²) in [6.45, 7) is 3.13. The molecule has 2 amide bonds. The quantitative estimate of drug-likeness (QED) is 0.736. The van der Waals surface area contributed by atoms with Gasteiger partial charge in [0.25, 0.3) is 0 Å². The van der Waals surface area contributed by atoms with Gasteiger partial charge in [0.1, 0.15) is 0 Å². The molecule has 0 aliphatic heterocycles. The highest BCUT2D eigenvalue weighted by molar-refractivity contribution is 5.74. The van der Waals surface area contributed by atoms with E-state index in [4.69, 9.17) is 0 Å². The number of rotatable bonds is 3. The Labute approximate surface area is 116 Å². The number of urea groups is 1. The van der Waals surface area contributed by atoms with Gasteiger partial charge in [-0.1, -0.05) is 19.8 Å². The topological polar surface area (TPSA) is 61.4 Å². The summed E-state index contributed by atoms with van der Waals surface area (Å²) in [5.74, 6) is 1.52. The van der Waals surface area contributed by atoms with Crippen LogP contribution in [0.4, 0.5) is 4.79 Å². The number of nitrogens with one attached hydrogen (secondary N) is 2. The summed E-state index contributed by atoms with van der Waals surface area (Å²) in [5.41, 5.74) is 0. The molecule has 110 valence electrons. The van der Waals surface area contributed by atoms with Crippen LogP contribution in [0.5, 0.6) is 0 Å². The van der Waals surface area contributed by atoms with Gasteiger partial charge < -0.3 is 15.7 Å². The van der Waals surface area contributed by atoms with E-state index in [1.54, 1.807) is 0 Å². The Kier molecular flexibility index (Phi) is 5.49. The zero-order valence-electron chi connectivity index (χ0n) is 12.0.